The molecule has 0 bridgehead atoms. The fraction of sp³-hybridized carbons (Fsp3) is 0.267. The van der Waals surface area contributed by atoms with Crippen molar-refractivity contribution >= 4 is 15.9 Å². The van der Waals surface area contributed by atoms with Gasteiger partial charge in [0.2, 0.25) is 0 Å². The van der Waals surface area contributed by atoms with Gasteiger partial charge in [-0.3, -0.25) is 4.79 Å². The molecule has 0 heterocycles. The zero-order chi connectivity index (χ0) is 17.3. The van der Waals surface area contributed by atoms with Crippen molar-refractivity contribution in [2.75, 3.05) is 0 Å². The lowest BCUT2D eigenvalue weighted by Gasteiger charge is -2.30. The van der Waals surface area contributed by atoms with Crippen LogP contribution in [0.2, 0.25) is 0 Å². The van der Waals surface area contributed by atoms with E-state index in [9.17, 15) is 26.4 Å². The molecule has 1 aromatic carbocycles. The van der Waals surface area contributed by atoms with Crippen LogP contribution in [0.25, 0.3) is 0 Å². The number of hydrogen-bond donors (Lipinski definition) is 0. The van der Waals surface area contributed by atoms with E-state index in [1.54, 1.807) is 30.3 Å². The van der Waals surface area contributed by atoms with Gasteiger partial charge in [0, 0.05) is 0 Å². The number of alkyl halides is 3. The highest BCUT2D eigenvalue weighted by Gasteiger charge is 2.49. The van der Waals surface area contributed by atoms with E-state index in [2.05, 4.69) is 4.18 Å². The molecular weight excluding hydrogens is 333 g/mol. The molecule has 1 aliphatic rings. The summed E-state index contributed by atoms with van der Waals surface area (Å²) in [6.07, 6.45) is 3.61. The molecule has 0 spiro atoms. The van der Waals surface area contributed by atoms with Gasteiger partial charge in [0.25, 0.3) is 0 Å². The number of ketones is 1. The first-order valence-corrected chi connectivity index (χ1v) is 7.96. The summed E-state index contributed by atoms with van der Waals surface area (Å²) in [4.78, 5) is 12.1. The molecule has 124 valence electrons. The second kappa shape index (κ2) is 5.84. The van der Waals surface area contributed by atoms with Crippen LogP contribution in [0.4, 0.5) is 13.2 Å². The molecule has 4 nitrogen and oxygen atoms in total. The summed E-state index contributed by atoms with van der Waals surface area (Å²) in [7, 11) is -5.72. The fourth-order valence-corrected chi connectivity index (χ4v) is 2.74. The molecule has 0 aliphatic heterocycles. The largest absolute Gasteiger partial charge is 0.534 e. The van der Waals surface area contributed by atoms with Crippen LogP contribution in [0.3, 0.4) is 0 Å². The van der Waals surface area contributed by atoms with E-state index in [1.165, 1.54) is 13.0 Å². The van der Waals surface area contributed by atoms with Crippen molar-refractivity contribution in [3.63, 3.8) is 0 Å². The number of carbonyl (C=O) groups is 1. The van der Waals surface area contributed by atoms with Crippen LogP contribution in [0.15, 0.2) is 54.3 Å². The lowest BCUT2D eigenvalue weighted by atomic mass is 9.72. The molecule has 8 heteroatoms. The molecule has 1 aliphatic carbocycles. The number of benzene rings is 1. The molecule has 1 unspecified atom stereocenters. The monoisotopic (exact) mass is 346 g/mol. The van der Waals surface area contributed by atoms with E-state index in [1.807, 2.05) is 0 Å². The number of hydrogen-bond acceptors (Lipinski definition) is 4. The molecule has 1 atom stereocenters. The Kier molecular flexibility index (Phi) is 4.39. The van der Waals surface area contributed by atoms with Crippen molar-refractivity contribution < 1.29 is 30.6 Å². The Balaban J connectivity index is 2.29. The van der Waals surface area contributed by atoms with Crippen LogP contribution in [-0.2, 0) is 24.5 Å². The standard InChI is InChI=1S/C15H13F3O4S/c1-11(19)14(12-5-3-2-4-6-12)9-7-13(8-10-14)22-23(20,21)15(16,17)18/h2-9H,10H2,1H3. The van der Waals surface area contributed by atoms with E-state index in [-0.39, 0.29) is 12.2 Å². The van der Waals surface area contributed by atoms with E-state index >= 15 is 0 Å². The van der Waals surface area contributed by atoms with Crippen molar-refractivity contribution in [3.8, 4) is 0 Å². The van der Waals surface area contributed by atoms with Gasteiger partial charge in [-0.05, 0) is 31.1 Å². The minimum atomic E-state index is -5.72. The van der Waals surface area contributed by atoms with Gasteiger partial charge in [-0.15, -0.1) is 0 Å². The highest BCUT2D eigenvalue weighted by atomic mass is 32.2. The Morgan fingerprint density at radius 1 is 1.22 bits per heavy atom. The number of rotatable bonds is 4. The van der Waals surface area contributed by atoms with Gasteiger partial charge < -0.3 is 4.18 Å². The van der Waals surface area contributed by atoms with Crippen molar-refractivity contribution in [1.82, 2.24) is 0 Å². The number of Topliss-reactive ketones (excluding diaryl/α,β-unsaturated/α-hetero) is 1. The van der Waals surface area contributed by atoms with Crippen molar-refractivity contribution in [3.05, 3.63) is 59.9 Å². The van der Waals surface area contributed by atoms with Crippen molar-refractivity contribution in [2.45, 2.75) is 24.3 Å². The first-order valence-electron chi connectivity index (χ1n) is 6.55. The summed E-state index contributed by atoms with van der Waals surface area (Å²) in [6, 6.07) is 8.68. The summed E-state index contributed by atoms with van der Waals surface area (Å²) < 4.78 is 63.0. The quantitative estimate of drug-likeness (QED) is 0.620. The fourth-order valence-electron chi connectivity index (χ4n) is 2.27. The van der Waals surface area contributed by atoms with Gasteiger partial charge in [-0.25, -0.2) is 0 Å². The van der Waals surface area contributed by atoms with E-state index < -0.39 is 26.8 Å². The molecule has 0 saturated carbocycles. The number of allylic oxidation sites excluding steroid dienone is 3. The Morgan fingerprint density at radius 3 is 2.26 bits per heavy atom. The lowest BCUT2D eigenvalue weighted by Crippen LogP contribution is -2.33. The van der Waals surface area contributed by atoms with Crippen molar-refractivity contribution in [1.29, 1.82) is 0 Å². The van der Waals surface area contributed by atoms with E-state index in [0.29, 0.717) is 5.56 Å². The molecule has 0 radical (unpaired) electrons. The average Bonchev–Trinajstić information content (AvgIpc) is 2.47. The summed E-state index contributed by atoms with van der Waals surface area (Å²) >= 11 is 0. The van der Waals surface area contributed by atoms with Gasteiger partial charge >= 0.3 is 15.6 Å². The third kappa shape index (κ3) is 3.31. The number of carbonyl (C=O) groups excluding carboxylic acids is 1. The smallest absolute Gasteiger partial charge is 0.376 e. The van der Waals surface area contributed by atoms with Crippen LogP contribution >= 0.6 is 0 Å². The SMILES string of the molecule is CC(=O)C1(c2ccccc2)C=CC(OS(=O)(=O)C(F)(F)F)=CC1. The summed E-state index contributed by atoms with van der Waals surface area (Å²) in [5.41, 5.74) is -5.88. The maximum atomic E-state index is 12.3. The molecule has 2 rings (SSSR count). The molecule has 0 amide bonds. The molecule has 23 heavy (non-hydrogen) atoms. The normalized spacial score (nSPS) is 21.7. The minimum absolute atomic E-state index is 0.00551. The molecule has 1 aromatic rings. The summed E-state index contributed by atoms with van der Waals surface area (Å²) in [5, 5.41) is 0. The van der Waals surface area contributed by atoms with E-state index in [4.69, 9.17) is 0 Å². The molecule has 0 saturated heterocycles. The highest BCUT2D eigenvalue weighted by molar-refractivity contribution is 7.87. The molecule has 0 aromatic heterocycles. The Labute approximate surface area is 131 Å². The van der Waals surface area contributed by atoms with Gasteiger partial charge in [-0.1, -0.05) is 36.4 Å². The van der Waals surface area contributed by atoms with Crippen LogP contribution < -0.4 is 0 Å². The van der Waals surface area contributed by atoms with Crippen LogP contribution in [0.5, 0.6) is 0 Å². The van der Waals surface area contributed by atoms with Gasteiger partial charge in [0.05, 0.1) is 5.41 Å². The lowest BCUT2D eigenvalue weighted by molar-refractivity contribution is -0.120. The Hall–Kier alpha value is -2.09. The van der Waals surface area contributed by atoms with Gasteiger partial charge in [0.15, 0.2) is 0 Å². The van der Waals surface area contributed by atoms with Gasteiger partial charge in [0.1, 0.15) is 11.5 Å². The highest BCUT2D eigenvalue weighted by Crippen LogP contribution is 2.36. The zero-order valence-corrected chi connectivity index (χ0v) is 12.8. The minimum Gasteiger partial charge on any atom is -0.376 e. The van der Waals surface area contributed by atoms with Crippen molar-refractivity contribution in [2.24, 2.45) is 0 Å². The third-order valence-electron chi connectivity index (χ3n) is 3.56. The second-order valence-corrected chi connectivity index (χ2v) is 6.56. The van der Waals surface area contributed by atoms with Crippen LogP contribution in [-0.4, -0.2) is 19.7 Å². The zero-order valence-electron chi connectivity index (χ0n) is 12.0. The maximum Gasteiger partial charge on any atom is 0.534 e. The summed E-state index contributed by atoms with van der Waals surface area (Å²) in [6.45, 7) is 1.36. The predicted molar refractivity (Wildman–Crippen MR) is 76.7 cm³/mol. The Morgan fingerprint density at radius 2 is 1.83 bits per heavy atom. The summed E-state index contributed by atoms with van der Waals surface area (Å²) in [5.74, 6) is -0.677. The average molecular weight is 346 g/mol. The molecule has 0 N–H and O–H groups in total. The van der Waals surface area contributed by atoms with Crippen LogP contribution in [0.1, 0.15) is 18.9 Å². The molecular formula is C15H13F3O4S. The first kappa shape index (κ1) is 17.3. The van der Waals surface area contributed by atoms with Gasteiger partial charge in [-0.2, -0.15) is 21.6 Å². The van der Waals surface area contributed by atoms with E-state index in [0.717, 1.165) is 12.2 Å². The Bertz CT molecular complexity index is 764. The third-order valence-corrected chi connectivity index (χ3v) is 4.54. The maximum absolute atomic E-state index is 12.3. The second-order valence-electron chi connectivity index (χ2n) is 5.02. The first-order chi connectivity index (χ1) is 10.6. The topological polar surface area (TPSA) is 60.4 Å². The molecule has 0 fully saturated rings. The predicted octanol–water partition coefficient (Wildman–Crippen LogP) is 3.22. The number of halogens is 3. The van der Waals surface area contributed by atoms with Crippen LogP contribution in [0, 0.1) is 0 Å².